The molecule has 8 heteroatoms. The van der Waals surface area contributed by atoms with Gasteiger partial charge in [-0.3, -0.25) is 9.67 Å². The number of morpholine rings is 1. The standard InChI is InChI=1S/C22H33N5O2.HI/c1-22(2,3)18-7-6-8-19(13-18)28-11-9-24-21(23-4)27-10-12-29-20(16-27)17-14-25-26(5)15-17;/h6-8,13-15,20H,9-12,16H2,1-5H3,(H,23,24);1H. The summed E-state index contributed by atoms with van der Waals surface area (Å²) in [6.07, 6.45) is 3.88. The van der Waals surface area contributed by atoms with E-state index in [0.717, 1.165) is 30.4 Å². The van der Waals surface area contributed by atoms with E-state index in [0.29, 0.717) is 19.8 Å². The molecule has 1 aromatic heterocycles. The van der Waals surface area contributed by atoms with Gasteiger partial charge < -0.3 is 19.7 Å². The number of aromatic nitrogens is 2. The number of guanidine groups is 1. The lowest BCUT2D eigenvalue weighted by Crippen LogP contribution is -2.48. The third-order valence-electron chi connectivity index (χ3n) is 5.03. The second-order valence-electron chi connectivity index (χ2n) is 8.35. The minimum atomic E-state index is 0. The van der Waals surface area contributed by atoms with E-state index in [9.17, 15) is 0 Å². The Kier molecular flexibility index (Phi) is 8.96. The predicted molar refractivity (Wildman–Crippen MR) is 131 cm³/mol. The van der Waals surface area contributed by atoms with E-state index in [1.165, 1.54) is 5.56 Å². The largest absolute Gasteiger partial charge is 0.492 e. The summed E-state index contributed by atoms with van der Waals surface area (Å²) < 4.78 is 13.7. The fraction of sp³-hybridized carbons (Fsp3) is 0.545. The van der Waals surface area contributed by atoms with Crippen LogP contribution in [0.15, 0.2) is 41.7 Å². The number of aryl methyl sites for hydroxylation is 1. The van der Waals surface area contributed by atoms with E-state index in [1.807, 2.05) is 32.6 Å². The molecule has 166 valence electrons. The van der Waals surface area contributed by atoms with Crippen molar-refractivity contribution < 1.29 is 9.47 Å². The minimum absolute atomic E-state index is 0. The number of rotatable bonds is 5. The molecular formula is C22H34IN5O2. The second-order valence-corrected chi connectivity index (χ2v) is 8.35. The van der Waals surface area contributed by atoms with Crippen LogP contribution in [0.3, 0.4) is 0 Å². The monoisotopic (exact) mass is 527 g/mol. The zero-order valence-corrected chi connectivity index (χ0v) is 20.9. The molecular weight excluding hydrogens is 493 g/mol. The Hall–Kier alpha value is -1.81. The number of benzene rings is 1. The molecule has 30 heavy (non-hydrogen) atoms. The minimum Gasteiger partial charge on any atom is -0.492 e. The maximum absolute atomic E-state index is 5.95. The Morgan fingerprint density at radius 2 is 2.17 bits per heavy atom. The average Bonchev–Trinajstić information content (AvgIpc) is 3.14. The van der Waals surface area contributed by atoms with Crippen molar-refractivity contribution in [3.63, 3.8) is 0 Å². The van der Waals surface area contributed by atoms with Crippen LogP contribution in [0.1, 0.15) is 38.0 Å². The van der Waals surface area contributed by atoms with Crippen LogP contribution in [0.25, 0.3) is 0 Å². The molecule has 1 saturated heterocycles. The van der Waals surface area contributed by atoms with E-state index in [1.54, 1.807) is 4.68 Å². The summed E-state index contributed by atoms with van der Waals surface area (Å²) in [6, 6.07) is 8.32. The topological polar surface area (TPSA) is 63.9 Å². The molecule has 1 N–H and O–H groups in total. The maximum Gasteiger partial charge on any atom is 0.193 e. The number of nitrogens with zero attached hydrogens (tertiary/aromatic N) is 4. The number of aliphatic imine (C=N–C) groups is 1. The van der Waals surface area contributed by atoms with Crippen molar-refractivity contribution in [3.8, 4) is 5.75 Å². The molecule has 0 radical (unpaired) electrons. The van der Waals surface area contributed by atoms with Crippen molar-refractivity contribution in [2.75, 3.05) is 39.9 Å². The van der Waals surface area contributed by atoms with Crippen LogP contribution in [0.4, 0.5) is 0 Å². The highest BCUT2D eigenvalue weighted by atomic mass is 127. The maximum atomic E-state index is 5.95. The quantitative estimate of drug-likeness (QED) is 0.280. The van der Waals surface area contributed by atoms with Gasteiger partial charge in [0.15, 0.2) is 5.96 Å². The van der Waals surface area contributed by atoms with Crippen LogP contribution < -0.4 is 10.1 Å². The van der Waals surface area contributed by atoms with Gasteiger partial charge in [-0.1, -0.05) is 32.9 Å². The van der Waals surface area contributed by atoms with Gasteiger partial charge in [0.1, 0.15) is 18.5 Å². The SMILES string of the molecule is CN=C(NCCOc1cccc(C(C)(C)C)c1)N1CCOC(c2cnn(C)c2)C1.I. The molecule has 1 aliphatic rings. The summed E-state index contributed by atoms with van der Waals surface area (Å²) in [5.74, 6) is 1.77. The predicted octanol–water partition coefficient (Wildman–Crippen LogP) is 3.36. The molecule has 2 aromatic rings. The van der Waals surface area contributed by atoms with Gasteiger partial charge in [0.25, 0.3) is 0 Å². The number of nitrogens with one attached hydrogen (secondary N) is 1. The molecule has 1 unspecified atom stereocenters. The smallest absolute Gasteiger partial charge is 0.193 e. The Bertz CT molecular complexity index is 831. The molecule has 2 heterocycles. The zero-order valence-electron chi connectivity index (χ0n) is 18.6. The molecule has 3 rings (SSSR count). The fourth-order valence-electron chi connectivity index (χ4n) is 3.37. The lowest BCUT2D eigenvalue weighted by molar-refractivity contribution is -0.00805. The number of ether oxygens (including phenoxy) is 2. The summed E-state index contributed by atoms with van der Waals surface area (Å²) in [5.41, 5.74) is 2.48. The highest BCUT2D eigenvalue weighted by molar-refractivity contribution is 14.0. The molecule has 0 saturated carbocycles. The first kappa shape index (κ1) is 24.5. The molecule has 7 nitrogen and oxygen atoms in total. The normalized spacial score (nSPS) is 17.4. The first-order valence-corrected chi connectivity index (χ1v) is 10.2. The fourth-order valence-corrected chi connectivity index (χ4v) is 3.37. The van der Waals surface area contributed by atoms with Gasteiger partial charge >= 0.3 is 0 Å². The summed E-state index contributed by atoms with van der Waals surface area (Å²) in [6.45, 7) is 10.1. The Morgan fingerprint density at radius 3 is 2.83 bits per heavy atom. The Morgan fingerprint density at radius 1 is 1.37 bits per heavy atom. The van der Waals surface area contributed by atoms with Gasteiger partial charge in [-0.05, 0) is 23.1 Å². The number of hydrogen-bond donors (Lipinski definition) is 1. The first-order valence-electron chi connectivity index (χ1n) is 10.2. The molecule has 1 atom stereocenters. The van der Waals surface area contributed by atoms with Crippen LogP contribution >= 0.6 is 24.0 Å². The molecule has 0 spiro atoms. The average molecular weight is 527 g/mol. The van der Waals surface area contributed by atoms with Crippen LogP contribution in [-0.4, -0.2) is 60.5 Å². The van der Waals surface area contributed by atoms with Gasteiger partial charge in [-0.2, -0.15) is 5.10 Å². The molecule has 0 aliphatic carbocycles. The highest BCUT2D eigenvalue weighted by Crippen LogP contribution is 2.25. The van der Waals surface area contributed by atoms with E-state index >= 15 is 0 Å². The van der Waals surface area contributed by atoms with E-state index in [4.69, 9.17) is 9.47 Å². The van der Waals surface area contributed by atoms with E-state index in [-0.39, 0.29) is 35.5 Å². The molecule has 0 amide bonds. The molecule has 1 fully saturated rings. The Balaban J connectivity index is 0.00000320. The van der Waals surface area contributed by atoms with Crippen LogP contribution in [0, 0.1) is 0 Å². The van der Waals surface area contributed by atoms with Crippen LogP contribution in [-0.2, 0) is 17.2 Å². The third kappa shape index (κ3) is 6.60. The van der Waals surface area contributed by atoms with Crippen LogP contribution in [0.5, 0.6) is 5.75 Å². The summed E-state index contributed by atoms with van der Waals surface area (Å²) in [4.78, 5) is 6.66. The van der Waals surface area contributed by atoms with E-state index in [2.05, 4.69) is 59.3 Å². The van der Waals surface area contributed by atoms with Crippen molar-refractivity contribution in [2.24, 2.45) is 12.0 Å². The molecule has 1 aromatic carbocycles. The highest BCUT2D eigenvalue weighted by Gasteiger charge is 2.25. The van der Waals surface area contributed by atoms with E-state index < -0.39 is 0 Å². The van der Waals surface area contributed by atoms with Gasteiger partial charge in [0.05, 0.1) is 25.9 Å². The van der Waals surface area contributed by atoms with Crippen molar-refractivity contribution in [1.29, 1.82) is 0 Å². The number of halogens is 1. The summed E-state index contributed by atoms with van der Waals surface area (Å²) >= 11 is 0. The second kappa shape index (κ2) is 11.0. The summed E-state index contributed by atoms with van der Waals surface area (Å²) in [5, 5.41) is 7.65. The van der Waals surface area contributed by atoms with Crippen molar-refractivity contribution >= 4 is 29.9 Å². The van der Waals surface area contributed by atoms with Crippen molar-refractivity contribution in [1.82, 2.24) is 20.0 Å². The Labute approximate surface area is 196 Å². The first-order chi connectivity index (χ1) is 13.9. The van der Waals surface area contributed by atoms with Gasteiger partial charge in [-0.25, -0.2) is 0 Å². The van der Waals surface area contributed by atoms with Gasteiger partial charge in [0, 0.05) is 32.4 Å². The van der Waals surface area contributed by atoms with Crippen LogP contribution in [0.2, 0.25) is 0 Å². The van der Waals surface area contributed by atoms with Crippen molar-refractivity contribution in [3.05, 3.63) is 47.8 Å². The third-order valence-corrected chi connectivity index (χ3v) is 5.03. The molecule has 1 aliphatic heterocycles. The van der Waals surface area contributed by atoms with Gasteiger partial charge in [-0.15, -0.1) is 24.0 Å². The lowest BCUT2D eigenvalue weighted by atomic mass is 9.87. The molecule has 0 bridgehead atoms. The van der Waals surface area contributed by atoms with Crippen molar-refractivity contribution in [2.45, 2.75) is 32.3 Å². The summed E-state index contributed by atoms with van der Waals surface area (Å²) in [7, 11) is 3.73. The zero-order chi connectivity index (χ0) is 20.9. The number of hydrogen-bond acceptors (Lipinski definition) is 4. The van der Waals surface area contributed by atoms with Gasteiger partial charge in [0.2, 0.25) is 0 Å². The lowest BCUT2D eigenvalue weighted by Gasteiger charge is -2.34.